The number of nitrogens with two attached hydrogens (primary N) is 1. The number of carbonyl (C=O) groups excluding carboxylic acids is 2. The molecule has 3 rings (SSSR count). The summed E-state index contributed by atoms with van der Waals surface area (Å²) in [7, 11) is 0. The monoisotopic (exact) mass is 424 g/mol. The molecule has 2 atom stereocenters. The predicted molar refractivity (Wildman–Crippen MR) is 119 cm³/mol. The summed E-state index contributed by atoms with van der Waals surface area (Å²) in [6.07, 6.45) is 0.719. The zero-order valence-corrected chi connectivity index (χ0v) is 18.6. The molecule has 2 aromatic rings. The molecule has 0 spiro atoms. The maximum atomic E-state index is 14.0. The molecule has 2 unspecified atom stereocenters. The van der Waals surface area contributed by atoms with Gasteiger partial charge >= 0.3 is 0 Å². The molecule has 31 heavy (non-hydrogen) atoms. The summed E-state index contributed by atoms with van der Waals surface area (Å²) >= 11 is 0. The molecule has 166 valence electrons. The fourth-order valence-corrected chi connectivity index (χ4v) is 4.41. The Morgan fingerprint density at radius 3 is 1.45 bits per heavy atom. The third-order valence-corrected chi connectivity index (χ3v) is 5.99. The molecule has 6 nitrogen and oxygen atoms in total. The van der Waals surface area contributed by atoms with Crippen LogP contribution in [0.25, 0.3) is 0 Å². The van der Waals surface area contributed by atoms with Crippen molar-refractivity contribution in [3.05, 3.63) is 71.8 Å². The highest BCUT2D eigenvalue weighted by molar-refractivity contribution is 6.07. The number of primary amides is 1. The van der Waals surface area contributed by atoms with Crippen molar-refractivity contribution in [1.82, 2.24) is 4.90 Å². The molecule has 4 N–H and O–H groups in total. The van der Waals surface area contributed by atoms with E-state index in [1.165, 1.54) is 4.90 Å². The van der Waals surface area contributed by atoms with Crippen LogP contribution in [0.1, 0.15) is 63.7 Å². The van der Waals surface area contributed by atoms with Gasteiger partial charge in [-0.05, 0) is 51.7 Å². The minimum Gasteiger partial charge on any atom is -0.388 e. The number of rotatable bonds is 8. The van der Waals surface area contributed by atoms with Crippen molar-refractivity contribution >= 4 is 11.8 Å². The molecule has 1 aliphatic rings. The third-order valence-electron chi connectivity index (χ3n) is 5.99. The second-order valence-electron chi connectivity index (χ2n) is 9.59. The van der Waals surface area contributed by atoms with Gasteiger partial charge in [0, 0.05) is 0 Å². The molecule has 0 saturated heterocycles. The average molecular weight is 425 g/mol. The van der Waals surface area contributed by atoms with Gasteiger partial charge in [0.05, 0.1) is 23.3 Å². The molecule has 0 aliphatic heterocycles. The van der Waals surface area contributed by atoms with Gasteiger partial charge in [0.15, 0.2) is 0 Å². The first-order chi connectivity index (χ1) is 14.4. The Balaban J connectivity index is 2.28. The Morgan fingerprint density at radius 2 is 1.19 bits per heavy atom. The van der Waals surface area contributed by atoms with Gasteiger partial charge in [-0.2, -0.15) is 0 Å². The minimum atomic E-state index is -1.37. The number of hydrogen-bond acceptors (Lipinski definition) is 4. The number of aliphatic hydroxyl groups is 2. The van der Waals surface area contributed by atoms with Crippen LogP contribution in [0.4, 0.5) is 0 Å². The largest absolute Gasteiger partial charge is 0.388 e. The van der Waals surface area contributed by atoms with E-state index in [0.717, 1.165) is 0 Å². The SMILES string of the molecule is CC(C)(O)C(c1ccccc1)N(C(=O)C1(C(N)=O)CC1)C(c1ccccc1)C(C)(C)O. The highest BCUT2D eigenvalue weighted by Gasteiger charge is 2.60. The van der Waals surface area contributed by atoms with Gasteiger partial charge < -0.3 is 20.8 Å². The lowest BCUT2D eigenvalue weighted by Gasteiger charge is -2.48. The van der Waals surface area contributed by atoms with E-state index in [1.807, 2.05) is 60.7 Å². The zero-order chi connectivity index (χ0) is 23.0. The Morgan fingerprint density at radius 1 is 0.839 bits per heavy atom. The van der Waals surface area contributed by atoms with E-state index in [1.54, 1.807) is 27.7 Å². The molecule has 0 heterocycles. The Bertz CT molecular complexity index is 868. The molecule has 0 radical (unpaired) electrons. The number of carbonyl (C=O) groups is 2. The van der Waals surface area contributed by atoms with Gasteiger partial charge in [0.2, 0.25) is 11.8 Å². The summed E-state index contributed by atoms with van der Waals surface area (Å²) in [5, 5.41) is 22.5. The summed E-state index contributed by atoms with van der Waals surface area (Å²) in [5.74, 6) is -1.14. The van der Waals surface area contributed by atoms with E-state index in [4.69, 9.17) is 5.73 Å². The standard InChI is InChI=1S/C25H32N2O4/c1-23(2,30)19(17-11-7-5-8-12-17)27(22(29)25(15-16-25)21(26)28)20(24(3,4)31)18-13-9-6-10-14-18/h5-14,19-20,30-31H,15-16H2,1-4H3,(H2,26,28). The molecular formula is C25H32N2O4. The van der Waals surface area contributed by atoms with Crippen molar-refractivity contribution in [1.29, 1.82) is 0 Å². The second kappa shape index (κ2) is 8.09. The minimum absolute atomic E-state index is 0.360. The number of nitrogens with zero attached hydrogens (tertiary/aromatic N) is 1. The van der Waals surface area contributed by atoms with Crippen LogP contribution in [-0.4, -0.2) is 38.1 Å². The van der Waals surface area contributed by atoms with E-state index in [-0.39, 0.29) is 0 Å². The Hall–Kier alpha value is -2.70. The molecule has 0 aromatic heterocycles. The summed E-state index contributed by atoms with van der Waals surface area (Å²) in [5.41, 5.74) is 3.01. The van der Waals surface area contributed by atoms with Crippen molar-refractivity contribution < 1.29 is 19.8 Å². The van der Waals surface area contributed by atoms with Crippen molar-refractivity contribution in [2.45, 2.75) is 63.8 Å². The number of benzene rings is 2. The third kappa shape index (κ3) is 4.50. The van der Waals surface area contributed by atoms with Gasteiger partial charge in [-0.3, -0.25) is 9.59 Å². The lowest BCUT2D eigenvalue weighted by atomic mass is 9.82. The van der Waals surface area contributed by atoms with E-state index >= 15 is 0 Å². The first kappa shape index (κ1) is 23.0. The van der Waals surface area contributed by atoms with E-state index < -0.39 is 40.5 Å². The van der Waals surface area contributed by atoms with Crippen molar-refractivity contribution in [3.63, 3.8) is 0 Å². The van der Waals surface area contributed by atoms with Gasteiger partial charge in [-0.25, -0.2) is 0 Å². The van der Waals surface area contributed by atoms with Crippen molar-refractivity contribution in [3.8, 4) is 0 Å². The van der Waals surface area contributed by atoms with Crippen LogP contribution in [0.3, 0.4) is 0 Å². The maximum Gasteiger partial charge on any atom is 0.239 e. The molecule has 2 aromatic carbocycles. The molecule has 0 bridgehead atoms. The molecule has 2 amide bonds. The summed E-state index contributed by atoms with van der Waals surface area (Å²) in [6, 6.07) is 16.7. The summed E-state index contributed by atoms with van der Waals surface area (Å²) in [6.45, 7) is 6.50. The first-order valence-corrected chi connectivity index (χ1v) is 10.6. The van der Waals surface area contributed by atoms with Gasteiger partial charge in [0.1, 0.15) is 5.41 Å². The fraction of sp³-hybridized carbons (Fsp3) is 0.440. The molecular weight excluding hydrogens is 392 g/mol. The Kier molecular flexibility index (Phi) is 6.00. The highest BCUT2D eigenvalue weighted by Crippen LogP contribution is 2.52. The van der Waals surface area contributed by atoms with Crippen LogP contribution in [-0.2, 0) is 9.59 Å². The van der Waals surface area contributed by atoms with Crippen LogP contribution in [0.15, 0.2) is 60.7 Å². The first-order valence-electron chi connectivity index (χ1n) is 10.6. The van der Waals surface area contributed by atoms with Crippen LogP contribution >= 0.6 is 0 Å². The highest BCUT2D eigenvalue weighted by atomic mass is 16.3. The molecule has 1 aliphatic carbocycles. The Labute approximate surface area is 183 Å². The smallest absolute Gasteiger partial charge is 0.239 e. The van der Waals surface area contributed by atoms with E-state index in [2.05, 4.69) is 0 Å². The topological polar surface area (TPSA) is 104 Å². The van der Waals surface area contributed by atoms with E-state index in [9.17, 15) is 19.8 Å². The van der Waals surface area contributed by atoms with Crippen molar-refractivity contribution in [2.75, 3.05) is 0 Å². The van der Waals surface area contributed by atoms with E-state index in [0.29, 0.717) is 24.0 Å². The number of amides is 2. The average Bonchev–Trinajstić information content (AvgIpc) is 3.49. The predicted octanol–water partition coefficient (Wildman–Crippen LogP) is 3.10. The number of hydrogen-bond donors (Lipinski definition) is 3. The maximum absolute atomic E-state index is 14.0. The summed E-state index contributed by atoms with van der Waals surface area (Å²) < 4.78 is 0. The summed E-state index contributed by atoms with van der Waals surface area (Å²) in [4.78, 5) is 27.8. The quantitative estimate of drug-likeness (QED) is 0.567. The lowest BCUT2D eigenvalue weighted by molar-refractivity contribution is -0.162. The van der Waals surface area contributed by atoms with Crippen LogP contribution < -0.4 is 5.73 Å². The zero-order valence-electron chi connectivity index (χ0n) is 18.6. The van der Waals surface area contributed by atoms with Gasteiger partial charge in [-0.1, -0.05) is 60.7 Å². The molecule has 1 saturated carbocycles. The normalized spacial score (nSPS) is 17.5. The molecule has 6 heteroatoms. The van der Waals surface area contributed by atoms with Crippen molar-refractivity contribution in [2.24, 2.45) is 11.1 Å². The molecule has 1 fully saturated rings. The van der Waals surface area contributed by atoms with Crippen LogP contribution in [0.2, 0.25) is 0 Å². The van der Waals surface area contributed by atoms with Gasteiger partial charge in [0.25, 0.3) is 0 Å². The second-order valence-corrected chi connectivity index (χ2v) is 9.59. The van der Waals surface area contributed by atoms with Gasteiger partial charge in [-0.15, -0.1) is 0 Å². The van der Waals surface area contributed by atoms with Crippen LogP contribution in [0.5, 0.6) is 0 Å². The van der Waals surface area contributed by atoms with Crippen LogP contribution in [0, 0.1) is 5.41 Å². The fourth-order valence-electron chi connectivity index (χ4n) is 4.41. The lowest BCUT2D eigenvalue weighted by Crippen LogP contribution is -2.56.